The van der Waals surface area contributed by atoms with Crippen LogP contribution >= 0.6 is 0 Å². The number of aliphatic carboxylic acids is 1. The van der Waals surface area contributed by atoms with Crippen molar-refractivity contribution in [2.45, 2.75) is 25.8 Å². The Balaban J connectivity index is 4.15. The standard InChI is InChI=1S/C12H19NO4/c1-3-4-5-8-11(14)13-10(12(15)16)7-6-9-17-2/h3-5,8,10H,6-7,9H2,1-2H3,(H,13,14)(H,15,16)/b4-3?,8-5+. The molecule has 0 aromatic rings. The first-order valence-corrected chi connectivity index (χ1v) is 5.43. The van der Waals surface area contributed by atoms with Crippen molar-refractivity contribution in [1.29, 1.82) is 0 Å². The number of carboxylic acid groups (broad SMARTS) is 1. The zero-order valence-corrected chi connectivity index (χ0v) is 10.2. The monoisotopic (exact) mass is 241 g/mol. The van der Waals surface area contributed by atoms with E-state index in [-0.39, 0.29) is 0 Å². The Morgan fingerprint density at radius 2 is 2.12 bits per heavy atom. The Kier molecular flexibility index (Phi) is 8.68. The van der Waals surface area contributed by atoms with E-state index in [1.54, 1.807) is 25.3 Å². The topological polar surface area (TPSA) is 75.6 Å². The number of carbonyl (C=O) groups excluding carboxylic acids is 1. The molecule has 17 heavy (non-hydrogen) atoms. The van der Waals surface area contributed by atoms with Crippen LogP contribution in [0.15, 0.2) is 24.3 Å². The second kappa shape index (κ2) is 9.59. The van der Waals surface area contributed by atoms with Crippen molar-refractivity contribution in [2.75, 3.05) is 13.7 Å². The van der Waals surface area contributed by atoms with Crippen molar-refractivity contribution in [2.24, 2.45) is 0 Å². The van der Waals surface area contributed by atoms with E-state index in [0.717, 1.165) is 0 Å². The molecule has 5 heteroatoms. The summed E-state index contributed by atoms with van der Waals surface area (Å²) in [5.41, 5.74) is 0. The van der Waals surface area contributed by atoms with Crippen molar-refractivity contribution in [3.63, 3.8) is 0 Å². The quantitative estimate of drug-likeness (QED) is 0.379. The molecule has 0 fully saturated rings. The molecule has 0 saturated heterocycles. The highest BCUT2D eigenvalue weighted by molar-refractivity contribution is 5.91. The van der Waals surface area contributed by atoms with Crippen molar-refractivity contribution >= 4 is 11.9 Å². The number of methoxy groups -OCH3 is 1. The zero-order chi connectivity index (χ0) is 13.1. The lowest BCUT2D eigenvalue weighted by molar-refractivity contribution is -0.141. The predicted molar refractivity (Wildman–Crippen MR) is 64.6 cm³/mol. The van der Waals surface area contributed by atoms with Crippen LogP contribution in [0.25, 0.3) is 0 Å². The summed E-state index contributed by atoms with van der Waals surface area (Å²) < 4.78 is 4.83. The third-order valence-corrected chi connectivity index (χ3v) is 2.01. The third-order valence-electron chi connectivity index (χ3n) is 2.01. The summed E-state index contributed by atoms with van der Waals surface area (Å²) in [6, 6.07) is -0.868. The fourth-order valence-corrected chi connectivity index (χ4v) is 1.16. The van der Waals surface area contributed by atoms with Gasteiger partial charge < -0.3 is 15.2 Å². The van der Waals surface area contributed by atoms with Gasteiger partial charge in [-0.25, -0.2) is 4.79 Å². The molecular formula is C12H19NO4. The number of amides is 1. The van der Waals surface area contributed by atoms with Gasteiger partial charge in [0.25, 0.3) is 0 Å². The molecule has 5 nitrogen and oxygen atoms in total. The van der Waals surface area contributed by atoms with Gasteiger partial charge in [0.2, 0.25) is 5.91 Å². The lowest BCUT2D eigenvalue weighted by atomic mass is 10.1. The van der Waals surface area contributed by atoms with E-state index in [1.807, 2.05) is 6.92 Å². The van der Waals surface area contributed by atoms with Gasteiger partial charge in [0.05, 0.1) is 0 Å². The van der Waals surface area contributed by atoms with E-state index in [4.69, 9.17) is 9.84 Å². The first-order chi connectivity index (χ1) is 8.11. The van der Waals surface area contributed by atoms with E-state index in [0.29, 0.717) is 19.4 Å². The minimum Gasteiger partial charge on any atom is -0.480 e. The van der Waals surface area contributed by atoms with Crippen LogP contribution in [0.4, 0.5) is 0 Å². The molecule has 0 bridgehead atoms. The maximum atomic E-state index is 11.3. The molecule has 0 aromatic heterocycles. The van der Waals surface area contributed by atoms with Gasteiger partial charge in [-0.3, -0.25) is 4.79 Å². The Bertz CT molecular complexity index is 297. The summed E-state index contributed by atoms with van der Waals surface area (Å²) in [6.45, 7) is 2.31. The molecule has 0 aromatic carbocycles. The second-order valence-corrected chi connectivity index (χ2v) is 3.42. The number of rotatable bonds is 8. The summed E-state index contributed by atoms with van der Waals surface area (Å²) in [7, 11) is 1.55. The van der Waals surface area contributed by atoms with E-state index >= 15 is 0 Å². The highest BCUT2D eigenvalue weighted by atomic mass is 16.5. The molecule has 0 spiro atoms. The highest BCUT2D eigenvalue weighted by Crippen LogP contribution is 1.98. The Morgan fingerprint density at radius 3 is 2.65 bits per heavy atom. The molecule has 0 rings (SSSR count). The number of nitrogens with one attached hydrogen (secondary N) is 1. The van der Waals surface area contributed by atoms with Crippen LogP contribution in [-0.2, 0) is 14.3 Å². The van der Waals surface area contributed by atoms with Gasteiger partial charge in [0, 0.05) is 19.8 Å². The molecule has 0 saturated carbocycles. The van der Waals surface area contributed by atoms with Crippen molar-refractivity contribution in [3.05, 3.63) is 24.3 Å². The van der Waals surface area contributed by atoms with Crippen LogP contribution in [0, 0.1) is 0 Å². The molecule has 0 heterocycles. The van der Waals surface area contributed by atoms with Gasteiger partial charge >= 0.3 is 5.97 Å². The fraction of sp³-hybridized carbons (Fsp3) is 0.500. The van der Waals surface area contributed by atoms with E-state index in [9.17, 15) is 9.59 Å². The summed E-state index contributed by atoms with van der Waals surface area (Å²) >= 11 is 0. The van der Waals surface area contributed by atoms with Gasteiger partial charge in [-0.15, -0.1) is 0 Å². The average Bonchev–Trinajstić information content (AvgIpc) is 2.28. The van der Waals surface area contributed by atoms with Crippen molar-refractivity contribution < 1.29 is 19.4 Å². The number of carboxylic acids is 1. The molecule has 0 aliphatic heterocycles. The predicted octanol–water partition coefficient (Wildman–Crippen LogP) is 1.11. The molecule has 0 aliphatic rings. The summed E-state index contributed by atoms with van der Waals surface area (Å²) in [5, 5.41) is 11.3. The summed E-state index contributed by atoms with van der Waals surface area (Å²) in [5.74, 6) is -1.44. The number of hydrogen-bond acceptors (Lipinski definition) is 3. The first-order valence-electron chi connectivity index (χ1n) is 5.43. The number of carbonyl (C=O) groups is 2. The minimum atomic E-state index is -1.03. The van der Waals surface area contributed by atoms with Crippen molar-refractivity contribution in [3.8, 4) is 0 Å². The molecule has 2 N–H and O–H groups in total. The highest BCUT2D eigenvalue weighted by Gasteiger charge is 2.17. The lowest BCUT2D eigenvalue weighted by Gasteiger charge is -2.12. The minimum absolute atomic E-state index is 0.354. The Labute approximate surface area is 101 Å². The molecular weight excluding hydrogens is 222 g/mol. The molecule has 1 unspecified atom stereocenters. The number of allylic oxidation sites excluding steroid dienone is 3. The first kappa shape index (κ1) is 15.4. The third kappa shape index (κ3) is 8.21. The number of hydrogen-bond donors (Lipinski definition) is 2. The van der Waals surface area contributed by atoms with Crippen molar-refractivity contribution in [1.82, 2.24) is 5.32 Å². The Morgan fingerprint density at radius 1 is 1.41 bits per heavy atom. The van der Waals surface area contributed by atoms with Crippen LogP contribution < -0.4 is 5.32 Å². The van der Waals surface area contributed by atoms with E-state index in [2.05, 4.69) is 5.32 Å². The van der Waals surface area contributed by atoms with Crippen LogP contribution in [0.1, 0.15) is 19.8 Å². The fourth-order valence-electron chi connectivity index (χ4n) is 1.16. The van der Waals surface area contributed by atoms with Gasteiger partial charge in [-0.1, -0.05) is 18.2 Å². The largest absolute Gasteiger partial charge is 0.480 e. The zero-order valence-electron chi connectivity index (χ0n) is 10.2. The van der Waals surface area contributed by atoms with Crippen LogP contribution in [0.2, 0.25) is 0 Å². The maximum absolute atomic E-state index is 11.3. The van der Waals surface area contributed by atoms with Crippen LogP contribution in [-0.4, -0.2) is 36.7 Å². The maximum Gasteiger partial charge on any atom is 0.326 e. The van der Waals surface area contributed by atoms with Gasteiger partial charge in [-0.05, 0) is 19.8 Å². The molecule has 0 radical (unpaired) electrons. The Hall–Kier alpha value is -1.62. The molecule has 1 amide bonds. The molecule has 96 valence electrons. The smallest absolute Gasteiger partial charge is 0.326 e. The lowest BCUT2D eigenvalue weighted by Crippen LogP contribution is -2.40. The molecule has 1 atom stereocenters. The van der Waals surface area contributed by atoms with E-state index in [1.165, 1.54) is 6.08 Å². The van der Waals surface area contributed by atoms with Crippen LogP contribution in [0.5, 0.6) is 0 Å². The summed E-state index contributed by atoms with van der Waals surface area (Å²) in [4.78, 5) is 22.2. The number of ether oxygens (including phenoxy) is 1. The normalized spacial score (nSPS) is 13.1. The van der Waals surface area contributed by atoms with Gasteiger partial charge in [0.1, 0.15) is 6.04 Å². The van der Waals surface area contributed by atoms with Gasteiger partial charge in [0.15, 0.2) is 0 Å². The molecule has 0 aliphatic carbocycles. The SMILES string of the molecule is CC=C/C=C/C(=O)NC(CCCOC)C(=O)O. The van der Waals surface area contributed by atoms with Crippen LogP contribution in [0.3, 0.4) is 0 Å². The average molecular weight is 241 g/mol. The summed E-state index contributed by atoms with van der Waals surface area (Å²) in [6.07, 6.45) is 7.27. The second-order valence-electron chi connectivity index (χ2n) is 3.42. The van der Waals surface area contributed by atoms with E-state index < -0.39 is 17.9 Å². The van der Waals surface area contributed by atoms with Gasteiger partial charge in [-0.2, -0.15) is 0 Å².